The number of aliphatic hydroxyl groups is 1. The van der Waals surface area contributed by atoms with E-state index in [4.69, 9.17) is 14.6 Å². The minimum absolute atomic E-state index is 0.464. The number of hydrogen-bond acceptors (Lipinski definition) is 3. The summed E-state index contributed by atoms with van der Waals surface area (Å²) in [5.41, 5.74) is 0. The maximum Gasteiger partial charge on any atom is 0.151 e. The van der Waals surface area contributed by atoms with Crippen molar-refractivity contribution in [1.82, 2.24) is 0 Å². The molecule has 0 amide bonds. The molecule has 0 radical (unpaired) electrons. The van der Waals surface area contributed by atoms with Crippen LogP contribution in [0.2, 0.25) is 0 Å². The van der Waals surface area contributed by atoms with Crippen LogP contribution in [-0.4, -0.2) is 31.2 Å². The molecule has 0 rings (SSSR count). The number of rotatable bonds is 5. The van der Waals surface area contributed by atoms with Crippen molar-refractivity contribution < 1.29 is 14.6 Å². The van der Waals surface area contributed by atoms with E-state index in [2.05, 4.69) is 0 Å². The predicted molar refractivity (Wildman–Crippen MR) is 34.1 cm³/mol. The van der Waals surface area contributed by atoms with Gasteiger partial charge >= 0.3 is 0 Å². The molecule has 0 aliphatic rings. The summed E-state index contributed by atoms with van der Waals surface area (Å²) < 4.78 is 9.72. The van der Waals surface area contributed by atoms with Gasteiger partial charge in [0.1, 0.15) is 0 Å². The Kier molecular flexibility index (Phi) is 5.93. The molecule has 1 N–H and O–H groups in total. The van der Waals surface area contributed by atoms with Crippen molar-refractivity contribution in [2.24, 2.45) is 0 Å². The zero-order valence-corrected chi connectivity index (χ0v) is 5.96. The fourth-order valence-electron chi connectivity index (χ4n) is 0.422. The predicted octanol–water partition coefficient (Wildman–Crippen LogP) is 0.378. The quantitative estimate of drug-likeness (QED) is 0.436. The first kappa shape index (κ1) is 8.88. The van der Waals surface area contributed by atoms with Crippen LogP contribution in [0.5, 0.6) is 0 Å². The van der Waals surface area contributed by atoms with Crippen molar-refractivity contribution in [2.75, 3.05) is 19.8 Å². The molecular weight excluding hydrogens is 120 g/mol. The third-order valence-electron chi connectivity index (χ3n) is 0.791. The Morgan fingerprint density at radius 3 is 2.56 bits per heavy atom. The van der Waals surface area contributed by atoms with E-state index in [1.165, 1.54) is 0 Å². The van der Waals surface area contributed by atoms with E-state index in [9.17, 15) is 0 Å². The van der Waals surface area contributed by atoms with E-state index in [0.29, 0.717) is 19.8 Å². The molecule has 1 atom stereocenters. The second kappa shape index (κ2) is 6.01. The lowest BCUT2D eigenvalue weighted by Gasteiger charge is -2.05. The highest BCUT2D eigenvalue weighted by Crippen LogP contribution is 1.83. The van der Waals surface area contributed by atoms with Gasteiger partial charge in [-0.25, -0.2) is 0 Å². The normalized spacial score (nSPS) is 13.7. The lowest BCUT2D eigenvalue weighted by Crippen LogP contribution is -2.11. The van der Waals surface area contributed by atoms with Crippen LogP contribution in [0, 0.1) is 0 Å². The van der Waals surface area contributed by atoms with Gasteiger partial charge in [0.25, 0.3) is 0 Å². The molecule has 0 saturated heterocycles. The van der Waals surface area contributed by atoms with Gasteiger partial charge in [-0.3, -0.25) is 0 Å². The van der Waals surface area contributed by atoms with Gasteiger partial charge in [-0.1, -0.05) is 0 Å². The van der Waals surface area contributed by atoms with Crippen LogP contribution in [0.4, 0.5) is 0 Å². The van der Waals surface area contributed by atoms with Crippen molar-refractivity contribution in [3.05, 3.63) is 0 Å². The monoisotopic (exact) mass is 134 g/mol. The number of ether oxygens (including phenoxy) is 2. The Balaban J connectivity index is 2.75. The second-order valence-corrected chi connectivity index (χ2v) is 1.67. The molecule has 0 saturated carbocycles. The summed E-state index contributed by atoms with van der Waals surface area (Å²) in [4.78, 5) is 0. The molecule has 0 aromatic heterocycles. The van der Waals surface area contributed by atoms with E-state index in [1.54, 1.807) is 6.92 Å². The molecule has 9 heavy (non-hydrogen) atoms. The minimum atomic E-state index is -0.676. The Morgan fingerprint density at radius 1 is 1.44 bits per heavy atom. The third kappa shape index (κ3) is 7.88. The van der Waals surface area contributed by atoms with Gasteiger partial charge in [-0.15, -0.1) is 0 Å². The molecule has 0 aromatic carbocycles. The van der Waals surface area contributed by atoms with Crippen LogP contribution in [0.25, 0.3) is 0 Å². The van der Waals surface area contributed by atoms with Gasteiger partial charge in [0.15, 0.2) is 6.29 Å². The maximum absolute atomic E-state index is 8.57. The van der Waals surface area contributed by atoms with Gasteiger partial charge in [-0.2, -0.15) is 0 Å². The van der Waals surface area contributed by atoms with Crippen LogP contribution in [0.1, 0.15) is 13.8 Å². The first-order valence-electron chi connectivity index (χ1n) is 3.14. The average molecular weight is 134 g/mol. The molecular formula is C6H14O3. The van der Waals surface area contributed by atoms with E-state index < -0.39 is 6.29 Å². The lowest BCUT2D eigenvalue weighted by molar-refractivity contribution is -0.0987. The smallest absolute Gasteiger partial charge is 0.151 e. The molecule has 0 fully saturated rings. The minimum Gasteiger partial charge on any atom is -0.379 e. The number of aliphatic hydroxyl groups excluding tert-OH is 1. The average Bonchev–Trinajstić information content (AvgIpc) is 1.80. The van der Waals surface area contributed by atoms with Gasteiger partial charge in [0.2, 0.25) is 0 Å². The zero-order chi connectivity index (χ0) is 7.11. The zero-order valence-electron chi connectivity index (χ0n) is 5.96. The fraction of sp³-hybridized carbons (Fsp3) is 1.00. The van der Waals surface area contributed by atoms with E-state index in [0.717, 1.165) is 0 Å². The highest BCUT2D eigenvalue weighted by atomic mass is 16.6. The summed E-state index contributed by atoms with van der Waals surface area (Å²) in [6.45, 7) is 5.21. The standard InChI is InChI=1S/C6H14O3/c1-3-8-4-5-9-6(2)7/h6-7H,3-5H2,1-2H3/t6-/m1/s1. The van der Waals surface area contributed by atoms with E-state index in [-0.39, 0.29) is 0 Å². The van der Waals surface area contributed by atoms with Crippen LogP contribution < -0.4 is 0 Å². The summed E-state index contributed by atoms with van der Waals surface area (Å²) in [7, 11) is 0. The highest BCUT2D eigenvalue weighted by Gasteiger charge is 1.91. The first-order chi connectivity index (χ1) is 4.27. The van der Waals surface area contributed by atoms with Crippen LogP contribution >= 0.6 is 0 Å². The molecule has 0 spiro atoms. The Morgan fingerprint density at radius 2 is 2.11 bits per heavy atom. The molecule has 0 unspecified atom stereocenters. The Labute approximate surface area is 55.6 Å². The molecule has 0 aliphatic carbocycles. The lowest BCUT2D eigenvalue weighted by atomic mass is 10.7. The van der Waals surface area contributed by atoms with E-state index in [1.807, 2.05) is 6.92 Å². The molecule has 0 heterocycles. The van der Waals surface area contributed by atoms with E-state index >= 15 is 0 Å². The summed E-state index contributed by atoms with van der Waals surface area (Å²) >= 11 is 0. The maximum atomic E-state index is 8.57. The largest absolute Gasteiger partial charge is 0.379 e. The number of hydrogen-bond donors (Lipinski definition) is 1. The molecule has 0 aliphatic heterocycles. The van der Waals surface area contributed by atoms with Gasteiger partial charge in [0.05, 0.1) is 13.2 Å². The van der Waals surface area contributed by atoms with Crippen molar-refractivity contribution in [3.8, 4) is 0 Å². The van der Waals surface area contributed by atoms with Crippen LogP contribution in [0.15, 0.2) is 0 Å². The molecule has 3 nitrogen and oxygen atoms in total. The molecule has 0 aromatic rings. The van der Waals surface area contributed by atoms with Crippen molar-refractivity contribution >= 4 is 0 Å². The molecule has 0 bridgehead atoms. The third-order valence-corrected chi connectivity index (χ3v) is 0.791. The van der Waals surface area contributed by atoms with Crippen molar-refractivity contribution in [2.45, 2.75) is 20.1 Å². The highest BCUT2D eigenvalue weighted by molar-refractivity contribution is 4.28. The summed E-state index contributed by atoms with van der Waals surface area (Å²) in [6.07, 6.45) is -0.676. The molecule has 3 heteroatoms. The van der Waals surface area contributed by atoms with Crippen LogP contribution in [0.3, 0.4) is 0 Å². The summed E-state index contributed by atoms with van der Waals surface area (Å²) in [5, 5.41) is 8.57. The Hall–Kier alpha value is -0.120. The summed E-state index contributed by atoms with van der Waals surface area (Å²) in [6, 6.07) is 0. The van der Waals surface area contributed by atoms with Gasteiger partial charge in [-0.05, 0) is 13.8 Å². The Bertz CT molecular complexity index is 54.3. The SMILES string of the molecule is CCOCCO[C@H](C)O. The second-order valence-electron chi connectivity index (χ2n) is 1.67. The topological polar surface area (TPSA) is 38.7 Å². The van der Waals surface area contributed by atoms with Crippen LogP contribution in [-0.2, 0) is 9.47 Å². The first-order valence-corrected chi connectivity index (χ1v) is 3.14. The van der Waals surface area contributed by atoms with Gasteiger partial charge in [0, 0.05) is 6.61 Å². The fourth-order valence-corrected chi connectivity index (χ4v) is 0.422. The van der Waals surface area contributed by atoms with Gasteiger partial charge < -0.3 is 14.6 Å². The summed E-state index contributed by atoms with van der Waals surface area (Å²) in [5.74, 6) is 0. The molecule has 56 valence electrons. The van der Waals surface area contributed by atoms with Crippen molar-refractivity contribution in [1.29, 1.82) is 0 Å². The van der Waals surface area contributed by atoms with Crippen molar-refractivity contribution in [3.63, 3.8) is 0 Å².